The number of anilines is 1. The molecule has 0 aliphatic heterocycles. The van der Waals surface area contributed by atoms with E-state index in [1.54, 1.807) is 25.6 Å². The van der Waals surface area contributed by atoms with Crippen molar-refractivity contribution in [3.63, 3.8) is 0 Å². The largest absolute Gasteiger partial charge is 0.497 e. The molecular formula is C33H37NO5S. The highest BCUT2D eigenvalue weighted by Crippen LogP contribution is 2.63. The summed E-state index contributed by atoms with van der Waals surface area (Å²) in [6.07, 6.45) is 5.49. The quantitative estimate of drug-likeness (QED) is 0.327. The fourth-order valence-corrected chi connectivity index (χ4v) is 9.10. The van der Waals surface area contributed by atoms with Gasteiger partial charge in [0, 0.05) is 4.88 Å². The van der Waals surface area contributed by atoms with Crippen LogP contribution >= 0.6 is 11.3 Å². The summed E-state index contributed by atoms with van der Waals surface area (Å²) < 4.78 is 16.3. The van der Waals surface area contributed by atoms with Crippen LogP contribution in [0.4, 0.5) is 5.00 Å². The SMILES string of the molecule is CCOC(=O)c1c(NC(=O)Cc2ccc(OC)cc2)sc2c1[C@]1(C)CC[C@@H]3c4ccc(OC)cc4CC[C@H]3[C@H]1C2. The van der Waals surface area contributed by atoms with Crippen LogP contribution < -0.4 is 14.8 Å². The van der Waals surface area contributed by atoms with Gasteiger partial charge in [-0.1, -0.05) is 25.1 Å². The highest BCUT2D eigenvalue weighted by atomic mass is 32.1. The number of fused-ring (bicyclic) bond motifs is 7. The minimum atomic E-state index is -0.329. The molecule has 0 bridgehead atoms. The van der Waals surface area contributed by atoms with Crippen molar-refractivity contribution in [1.82, 2.24) is 0 Å². The van der Waals surface area contributed by atoms with Gasteiger partial charge in [-0.15, -0.1) is 11.3 Å². The highest BCUT2D eigenvalue weighted by Gasteiger charge is 2.55. The molecule has 3 aliphatic carbocycles. The number of rotatable bonds is 7. The molecule has 1 amide bonds. The van der Waals surface area contributed by atoms with Crippen molar-refractivity contribution >= 4 is 28.2 Å². The molecule has 1 saturated carbocycles. The molecule has 40 heavy (non-hydrogen) atoms. The van der Waals surface area contributed by atoms with Crippen LogP contribution in [0.1, 0.15) is 76.5 Å². The monoisotopic (exact) mass is 559 g/mol. The number of esters is 1. The first kappa shape index (κ1) is 26.9. The lowest BCUT2D eigenvalue weighted by molar-refractivity contribution is -0.115. The Balaban J connectivity index is 1.29. The predicted molar refractivity (Wildman–Crippen MR) is 157 cm³/mol. The van der Waals surface area contributed by atoms with Crippen molar-refractivity contribution in [1.29, 1.82) is 0 Å². The molecule has 0 spiro atoms. The first-order chi connectivity index (χ1) is 19.4. The molecule has 4 atom stereocenters. The third kappa shape index (κ3) is 4.48. The van der Waals surface area contributed by atoms with Crippen LogP contribution in [0.3, 0.4) is 0 Å². The zero-order chi connectivity index (χ0) is 28.0. The maximum Gasteiger partial charge on any atom is 0.341 e. The second kappa shape index (κ2) is 10.6. The molecule has 0 unspecified atom stereocenters. The van der Waals surface area contributed by atoms with Crippen LogP contribution in [-0.4, -0.2) is 32.7 Å². The standard InChI is InChI=1S/C33H37NO5S/c1-5-39-32(36)29-30-27(40-31(29)34-28(35)16-19-6-9-21(37-3)10-7-19)18-26-25-12-8-20-17-22(38-4)11-13-23(20)24(25)14-15-33(26,30)2/h6-7,9-11,13,17,24-26H,5,8,12,14-16,18H2,1-4H3,(H,34,35)/t24-,25-,26-,33-/m1/s1. The number of carbonyl (C=O) groups excluding carboxylic acids is 2. The predicted octanol–water partition coefficient (Wildman–Crippen LogP) is 6.69. The lowest BCUT2D eigenvalue weighted by Crippen LogP contribution is -2.43. The van der Waals surface area contributed by atoms with Gasteiger partial charge in [-0.25, -0.2) is 4.79 Å². The average molecular weight is 560 g/mol. The Morgan fingerprint density at radius 1 is 1.05 bits per heavy atom. The number of nitrogens with one attached hydrogen (secondary N) is 1. The van der Waals surface area contributed by atoms with Crippen molar-refractivity contribution < 1.29 is 23.8 Å². The third-order valence-corrected chi connectivity index (χ3v) is 10.7. The van der Waals surface area contributed by atoms with Crippen LogP contribution in [0.5, 0.6) is 11.5 Å². The summed E-state index contributed by atoms with van der Waals surface area (Å²) in [7, 11) is 3.35. The first-order valence-electron chi connectivity index (χ1n) is 14.3. The second-order valence-corrected chi connectivity index (χ2v) is 12.6. The number of amides is 1. The van der Waals surface area contributed by atoms with Gasteiger partial charge in [0.1, 0.15) is 16.5 Å². The molecule has 3 aliphatic rings. The number of benzene rings is 2. The zero-order valence-corrected chi connectivity index (χ0v) is 24.5. The van der Waals surface area contributed by atoms with E-state index in [0.29, 0.717) is 34.9 Å². The van der Waals surface area contributed by atoms with E-state index >= 15 is 0 Å². The normalized spacial score (nSPS) is 24.2. The Kier molecular flexibility index (Phi) is 7.11. The number of methoxy groups -OCH3 is 2. The fourth-order valence-electron chi connectivity index (χ4n) is 7.70. The Morgan fingerprint density at radius 2 is 1.80 bits per heavy atom. The zero-order valence-electron chi connectivity index (χ0n) is 23.7. The molecule has 1 N–H and O–H groups in total. The summed E-state index contributed by atoms with van der Waals surface area (Å²) in [5.74, 6) is 2.80. The Morgan fingerprint density at radius 3 is 2.52 bits per heavy atom. The van der Waals surface area contributed by atoms with Gasteiger partial charge >= 0.3 is 5.97 Å². The van der Waals surface area contributed by atoms with E-state index in [-0.39, 0.29) is 23.7 Å². The van der Waals surface area contributed by atoms with E-state index in [2.05, 4.69) is 30.4 Å². The summed E-state index contributed by atoms with van der Waals surface area (Å²) in [4.78, 5) is 27.8. The van der Waals surface area contributed by atoms with Gasteiger partial charge in [-0.3, -0.25) is 4.79 Å². The second-order valence-electron chi connectivity index (χ2n) is 11.5. The molecule has 6 rings (SSSR count). The maximum absolute atomic E-state index is 13.4. The molecule has 7 heteroatoms. The minimum absolute atomic E-state index is 0.113. The van der Waals surface area contributed by atoms with E-state index in [1.165, 1.54) is 16.0 Å². The van der Waals surface area contributed by atoms with Crippen molar-refractivity contribution in [2.24, 2.45) is 11.8 Å². The molecule has 210 valence electrons. The first-order valence-corrected chi connectivity index (χ1v) is 15.1. The number of hydrogen-bond donors (Lipinski definition) is 1. The number of ether oxygens (including phenoxy) is 3. The molecule has 2 aromatic carbocycles. The summed E-state index contributed by atoms with van der Waals surface area (Å²) in [5.41, 5.74) is 5.38. The molecular weight excluding hydrogens is 522 g/mol. The van der Waals surface area contributed by atoms with E-state index in [0.717, 1.165) is 54.7 Å². The van der Waals surface area contributed by atoms with Gasteiger partial charge in [0.25, 0.3) is 0 Å². The smallest absolute Gasteiger partial charge is 0.341 e. The van der Waals surface area contributed by atoms with Crippen LogP contribution in [0.25, 0.3) is 0 Å². The summed E-state index contributed by atoms with van der Waals surface area (Å²) in [6, 6.07) is 14.1. The topological polar surface area (TPSA) is 73.9 Å². The molecule has 1 aromatic heterocycles. The molecule has 3 aromatic rings. The van der Waals surface area contributed by atoms with Crippen LogP contribution in [0.2, 0.25) is 0 Å². The minimum Gasteiger partial charge on any atom is -0.497 e. The Bertz CT molecular complexity index is 1440. The lowest BCUT2D eigenvalue weighted by atomic mass is 9.54. The van der Waals surface area contributed by atoms with Crippen LogP contribution in [0.15, 0.2) is 42.5 Å². The number of carbonyl (C=O) groups is 2. The molecule has 0 saturated heterocycles. The molecule has 6 nitrogen and oxygen atoms in total. The Labute approximate surface area is 240 Å². The summed E-state index contributed by atoms with van der Waals surface area (Å²) >= 11 is 1.57. The van der Waals surface area contributed by atoms with Gasteiger partial charge in [0.15, 0.2) is 0 Å². The van der Waals surface area contributed by atoms with Crippen molar-refractivity contribution in [2.75, 3.05) is 26.1 Å². The van der Waals surface area contributed by atoms with Gasteiger partial charge in [-0.2, -0.15) is 0 Å². The lowest BCUT2D eigenvalue weighted by Gasteiger charge is -2.49. The molecule has 1 fully saturated rings. The van der Waals surface area contributed by atoms with Crippen molar-refractivity contribution in [3.8, 4) is 11.5 Å². The van der Waals surface area contributed by atoms with E-state index < -0.39 is 0 Å². The summed E-state index contributed by atoms with van der Waals surface area (Å²) in [5, 5.41) is 3.71. The number of hydrogen-bond acceptors (Lipinski definition) is 6. The van der Waals surface area contributed by atoms with E-state index in [9.17, 15) is 9.59 Å². The Hall–Kier alpha value is -3.32. The van der Waals surface area contributed by atoms with Crippen molar-refractivity contribution in [3.05, 3.63) is 75.2 Å². The maximum atomic E-state index is 13.4. The average Bonchev–Trinajstić information content (AvgIpc) is 3.46. The molecule has 1 heterocycles. The highest BCUT2D eigenvalue weighted by molar-refractivity contribution is 7.17. The number of aryl methyl sites for hydroxylation is 1. The van der Waals surface area contributed by atoms with Gasteiger partial charge in [0.05, 0.1) is 32.8 Å². The van der Waals surface area contributed by atoms with Gasteiger partial charge in [0.2, 0.25) is 5.91 Å². The van der Waals surface area contributed by atoms with Gasteiger partial charge in [-0.05, 0) is 109 Å². The summed E-state index contributed by atoms with van der Waals surface area (Å²) in [6.45, 7) is 4.48. The van der Waals surface area contributed by atoms with E-state index in [4.69, 9.17) is 14.2 Å². The number of thiophene rings is 1. The molecule has 0 radical (unpaired) electrons. The van der Waals surface area contributed by atoms with E-state index in [1.807, 2.05) is 31.2 Å². The van der Waals surface area contributed by atoms with Crippen LogP contribution in [0, 0.1) is 11.8 Å². The third-order valence-electron chi connectivity index (χ3n) is 9.54. The fraction of sp³-hybridized carbons (Fsp3) is 0.455. The van der Waals surface area contributed by atoms with Crippen LogP contribution in [-0.2, 0) is 34.2 Å². The van der Waals surface area contributed by atoms with Gasteiger partial charge < -0.3 is 19.5 Å². The van der Waals surface area contributed by atoms with Crippen molar-refractivity contribution in [2.45, 2.75) is 63.7 Å².